The number of aromatic nitrogens is 3. The molecule has 0 saturated carbocycles. The van der Waals surface area contributed by atoms with Crippen LogP contribution in [0.2, 0.25) is 0 Å². The lowest BCUT2D eigenvalue weighted by atomic mass is 9.91. The van der Waals surface area contributed by atoms with Gasteiger partial charge in [-0.25, -0.2) is 9.97 Å². The van der Waals surface area contributed by atoms with E-state index in [1.165, 1.54) is 11.1 Å². The van der Waals surface area contributed by atoms with Crippen LogP contribution < -0.4 is 9.47 Å². The first-order chi connectivity index (χ1) is 19.7. The molecule has 2 heterocycles. The number of pyridine rings is 1. The van der Waals surface area contributed by atoms with Gasteiger partial charge in [0.2, 0.25) is 5.88 Å². The summed E-state index contributed by atoms with van der Waals surface area (Å²) in [5.41, 5.74) is 8.06. The minimum atomic E-state index is 0.0452. The summed E-state index contributed by atoms with van der Waals surface area (Å²) in [6.45, 7) is 2.52. The number of methoxy groups -OCH3 is 1. The van der Waals surface area contributed by atoms with Crippen molar-refractivity contribution in [3.63, 3.8) is 0 Å². The number of nitrogens with one attached hydrogen (secondary N) is 1. The standard InChI is InChI=1S/C35H31N3O2/c1-24-20-30(36-32(21-24)40-23-26-14-8-4-9-15-26)28-18-19-31(39-2)34-33(28)37-35(38-34)29(27-16-10-5-11-17-27)22-25-12-6-3-7-13-25/h3-21,29H,22-23H2,1-2H3,(H,37,38). The van der Waals surface area contributed by atoms with E-state index in [1.807, 2.05) is 60.7 Å². The first-order valence-corrected chi connectivity index (χ1v) is 13.5. The predicted molar refractivity (Wildman–Crippen MR) is 160 cm³/mol. The highest BCUT2D eigenvalue weighted by molar-refractivity contribution is 5.95. The lowest BCUT2D eigenvalue weighted by molar-refractivity contribution is 0.294. The summed E-state index contributed by atoms with van der Waals surface area (Å²) in [6.07, 6.45) is 0.822. The Morgan fingerprint density at radius 1 is 0.750 bits per heavy atom. The van der Waals surface area contributed by atoms with Crippen LogP contribution >= 0.6 is 0 Å². The molecule has 0 aliphatic carbocycles. The van der Waals surface area contributed by atoms with Crippen LogP contribution in [-0.4, -0.2) is 22.1 Å². The van der Waals surface area contributed by atoms with Gasteiger partial charge in [-0.15, -0.1) is 0 Å². The second-order valence-corrected chi connectivity index (χ2v) is 9.96. The molecule has 5 nitrogen and oxygen atoms in total. The minimum absolute atomic E-state index is 0.0452. The molecular weight excluding hydrogens is 494 g/mol. The van der Waals surface area contributed by atoms with Crippen molar-refractivity contribution in [1.82, 2.24) is 15.0 Å². The Labute approximate surface area is 234 Å². The zero-order valence-electron chi connectivity index (χ0n) is 22.7. The van der Waals surface area contributed by atoms with Gasteiger partial charge in [-0.3, -0.25) is 0 Å². The maximum atomic E-state index is 6.10. The lowest BCUT2D eigenvalue weighted by Crippen LogP contribution is -2.07. The van der Waals surface area contributed by atoms with Crippen LogP contribution in [0.25, 0.3) is 22.3 Å². The molecule has 1 N–H and O–H groups in total. The van der Waals surface area contributed by atoms with Gasteiger partial charge in [0.15, 0.2) is 0 Å². The number of H-pyrrole nitrogens is 1. The van der Waals surface area contributed by atoms with Gasteiger partial charge in [-0.05, 0) is 53.8 Å². The third-order valence-corrected chi connectivity index (χ3v) is 7.11. The Morgan fingerprint density at radius 2 is 1.43 bits per heavy atom. The summed E-state index contributed by atoms with van der Waals surface area (Å²) in [4.78, 5) is 13.7. The van der Waals surface area contributed by atoms with E-state index in [1.54, 1.807) is 7.11 Å². The maximum Gasteiger partial charge on any atom is 0.214 e. The van der Waals surface area contributed by atoms with E-state index in [0.29, 0.717) is 12.5 Å². The van der Waals surface area contributed by atoms with Gasteiger partial charge in [-0.1, -0.05) is 91.0 Å². The zero-order valence-corrected chi connectivity index (χ0v) is 22.7. The van der Waals surface area contributed by atoms with Gasteiger partial charge in [0, 0.05) is 17.5 Å². The number of fused-ring (bicyclic) bond motifs is 1. The molecule has 2 aromatic heterocycles. The van der Waals surface area contributed by atoms with Crippen LogP contribution in [0.15, 0.2) is 115 Å². The Kier molecular flexibility index (Phi) is 7.27. The molecule has 6 aromatic rings. The number of imidazole rings is 1. The second-order valence-electron chi connectivity index (χ2n) is 9.96. The van der Waals surface area contributed by atoms with Crippen molar-refractivity contribution in [2.45, 2.75) is 25.9 Å². The number of hydrogen-bond donors (Lipinski definition) is 1. The number of aromatic amines is 1. The average molecular weight is 526 g/mol. The Hall–Kier alpha value is -4.90. The van der Waals surface area contributed by atoms with Crippen LogP contribution in [0.1, 0.15) is 34.0 Å². The van der Waals surface area contributed by atoms with Crippen molar-refractivity contribution in [1.29, 1.82) is 0 Å². The molecule has 0 radical (unpaired) electrons. The molecule has 0 amide bonds. The van der Waals surface area contributed by atoms with Crippen molar-refractivity contribution in [2.24, 2.45) is 0 Å². The average Bonchev–Trinajstić information content (AvgIpc) is 3.45. The second kappa shape index (κ2) is 11.5. The van der Waals surface area contributed by atoms with E-state index in [-0.39, 0.29) is 5.92 Å². The zero-order chi connectivity index (χ0) is 27.3. The van der Waals surface area contributed by atoms with E-state index in [9.17, 15) is 0 Å². The van der Waals surface area contributed by atoms with E-state index in [0.717, 1.165) is 51.4 Å². The summed E-state index contributed by atoms with van der Waals surface area (Å²) in [6, 6.07) is 39.2. The topological polar surface area (TPSA) is 60.0 Å². The fourth-order valence-electron chi connectivity index (χ4n) is 5.11. The normalized spacial score (nSPS) is 11.8. The minimum Gasteiger partial charge on any atom is -0.494 e. The van der Waals surface area contributed by atoms with Crippen molar-refractivity contribution < 1.29 is 9.47 Å². The third-order valence-electron chi connectivity index (χ3n) is 7.11. The molecular formula is C35H31N3O2. The highest BCUT2D eigenvalue weighted by Gasteiger charge is 2.22. The van der Waals surface area contributed by atoms with E-state index in [4.69, 9.17) is 19.4 Å². The molecule has 0 saturated heterocycles. The summed E-state index contributed by atoms with van der Waals surface area (Å²) >= 11 is 0. The molecule has 5 heteroatoms. The molecule has 6 rings (SSSR count). The predicted octanol–water partition coefficient (Wildman–Crippen LogP) is 7.90. The van der Waals surface area contributed by atoms with Crippen molar-refractivity contribution in [3.05, 3.63) is 143 Å². The molecule has 0 fully saturated rings. The first-order valence-electron chi connectivity index (χ1n) is 13.5. The maximum absolute atomic E-state index is 6.10. The Bertz CT molecular complexity index is 1710. The highest BCUT2D eigenvalue weighted by atomic mass is 16.5. The van der Waals surface area contributed by atoms with Gasteiger partial charge < -0.3 is 14.5 Å². The Morgan fingerprint density at radius 3 is 2.12 bits per heavy atom. The molecule has 0 aliphatic rings. The summed E-state index contributed by atoms with van der Waals surface area (Å²) in [5.74, 6) is 2.27. The molecule has 198 valence electrons. The van der Waals surface area contributed by atoms with Gasteiger partial charge in [0.25, 0.3) is 0 Å². The Balaban J connectivity index is 1.42. The van der Waals surface area contributed by atoms with Gasteiger partial charge >= 0.3 is 0 Å². The van der Waals surface area contributed by atoms with Crippen molar-refractivity contribution >= 4 is 11.0 Å². The number of nitrogens with zero attached hydrogens (tertiary/aromatic N) is 2. The molecule has 0 spiro atoms. The van der Waals surface area contributed by atoms with Crippen LogP contribution in [0.4, 0.5) is 0 Å². The molecule has 4 aromatic carbocycles. The highest BCUT2D eigenvalue weighted by Crippen LogP contribution is 2.36. The van der Waals surface area contributed by atoms with Crippen molar-refractivity contribution in [2.75, 3.05) is 7.11 Å². The fourth-order valence-corrected chi connectivity index (χ4v) is 5.11. The van der Waals surface area contributed by atoms with Gasteiger partial charge in [0.05, 0.1) is 12.8 Å². The van der Waals surface area contributed by atoms with Crippen LogP contribution in [0, 0.1) is 6.92 Å². The quantitative estimate of drug-likeness (QED) is 0.208. The van der Waals surface area contributed by atoms with Gasteiger partial charge in [0.1, 0.15) is 29.2 Å². The summed E-state index contributed by atoms with van der Waals surface area (Å²) in [7, 11) is 1.69. The molecule has 0 aliphatic heterocycles. The van der Waals surface area contributed by atoms with Gasteiger partial charge in [-0.2, -0.15) is 0 Å². The molecule has 1 atom stereocenters. The summed E-state index contributed by atoms with van der Waals surface area (Å²) in [5, 5.41) is 0. The molecule has 40 heavy (non-hydrogen) atoms. The first kappa shape index (κ1) is 25.4. The number of hydrogen-bond acceptors (Lipinski definition) is 4. The number of benzene rings is 4. The van der Waals surface area contributed by atoms with Crippen LogP contribution in [-0.2, 0) is 13.0 Å². The SMILES string of the molecule is COc1ccc(-c2cc(C)cc(OCc3ccccc3)n2)c2nc(C(Cc3ccccc3)c3ccccc3)[nH]c12. The third kappa shape index (κ3) is 5.45. The lowest BCUT2D eigenvalue weighted by Gasteiger charge is -2.15. The van der Waals surface area contributed by atoms with Crippen molar-refractivity contribution in [3.8, 4) is 22.9 Å². The summed E-state index contributed by atoms with van der Waals surface area (Å²) < 4.78 is 11.8. The van der Waals surface area contributed by atoms with Crippen LogP contribution in [0.5, 0.6) is 11.6 Å². The number of rotatable bonds is 9. The largest absolute Gasteiger partial charge is 0.494 e. The molecule has 1 unspecified atom stereocenters. The fraction of sp³-hybridized carbons (Fsp3) is 0.143. The monoisotopic (exact) mass is 525 g/mol. The van der Waals surface area contributed by atoms with Crippen LogP contribution in [0.3, 0.4) is 0 Å². The number of aryl methyl sites for hydroxylation is 1. The van der Waals surface area contributed by atoms with E-state index in [2.05, 4.69) is 66.5 Å². The molecule has 0 bridgehead atoms. The number of ether oxygens (including phenoxy) is 2. The smallest absolute Gasteiger partial charge is 0.214 e. The van der Waals surface area contributed by atoms with E-state index < -0.39 is 0 Å². The van der Waals surface area contributed by atoms with E-state index >= 15 is 0 Å².